The van der Waals surface area contributed by atoms with Crippen molar-refractivity contribution in [2.24, 2.45) is 5.92 Å². The van der Waals surface area contributed by atoms with Gasteiger partial charge in [-0.25, -0.2) is 9.18 Å². The van der Waals surface area contributed by atoms with Crippen LogP contribution in [0.15, 0.2) is 72.1 Å². The van der Waals surface area contributed by atoms with E-state index in [0.717, 1.165) is 10.4 Å². The zero-order valence-electron chi connectivity index (χ0n) is 19.0. The number of hydrogen-bond donors (Lipinski definition) is 2. The number of esters is 1. The summed E-state index contributed by atoms with van der Waals surface area (Å²) < 4.78 is 18.6. The summed E-state index contributed by atoms with van der Waals surface area (Å²) in [5, 5.41) is 7.42. The number of halogens is 1. The van der Waals surface area contributed by atoms with E-state index in [1.807, 2.05) is 47.8 Å². The van der Waals surface area contributed by atoms with E-state index in [-0.39, 0.29) is 24.1 Å². The molecule has 2 N–H and O–H groups in total. The topological polar surface area (TPSA) is 84.5 Å². The molecule has 0 saturated heterocycles. The molecule has 2 atom stereocenters. The minimum absolute atomic E-state index is 0.137. The Kier molecular flexibility index (Phi) is 8.93. The van der Waals surface area contributed by atoms with Crippen LogP contribution in [0.5, 0.6) is 0 Å². The standard InChI is InChI=1S/C26H27FN2O4S/c1-17(2)24(28-22(30)15-18-7-4-3-5-8-18)26(32)33-16-23(31)29-25(21-9-6-14-34-21)19-10-12-20(27)13-11-19/h3-14,17,24-25H,15-16H2,1-2H3,(H,28,30)(H,29,31)/t24-,25?/m0/s1. The summed E-state index contributed by atoms with van der Waals surface area (Å²) in [6.07, 6.45) is 0.137. The lowest BCUT2D eigenvalue weighted by atomic mass is 10.0. The number of nitrogens with one attached hydrogen (secondary N) is 2. The summed E-state index contributed by atoms with van der Waals surface area (Å²) in [5.41, 5.74) is 1.53. The molecule has 0 spiro atoms. The summed E-state index contributed by atoms with van der Waals surface area (Å²) in [6.45, 7) is 3.08. The third-order valence-electron chi connectivity index (χ3n) is 5.13. The lowest BCUT2D eigenvalue weighted by Gasteiger charge is -2.22. The van der Waals surface area contributed by atoms with Crippen LogP contribution in [0.25, 0.3) is 0 Å². The van der Waals surface area contributed by atoms with Gasteiger partial charge in [-0.15, -0.1) is 11.3 Å². The normalized spacial score (nSPS) is 12.6. The highest BCUT2D eigenvalue weighted by molar-refractivity contribution is 7.10. The summed E-state index contributed by atoms with van der Waals surface area (Å²) in [5.74, 6) is -2.09. The molecule has 0 aliphatic heterocycles. The van der Waals surface area contributed by atoms with Crippen molar-refractivity contribution in [1.29, 1.82) is 0 Å². The van der Waals surface area contributed by atoms with Gasteiger partial charge in [0.15, 0.2) is 6.61 Å². The Hall–Kier alpha value is -3.52. The second-order valence-corrected chi connectivity index (χ2v) is 9.11. The van der Waals surface area contributed by atoms with Gasteiger partial charge in [-0.3, -0.25) is 9.59 Å². The highest BCUT2D eigenvalue weighted by Crippen LogP contribution is 2.26. The Morgan fingerprint density at radius 2 is 1.62 bits per heavy atom. The average molecular weight is 483 g/mol. The predicted octanol–water partition coefficient (Wildman–Crippen LogP) is 4.02. The predicted molar refractivity (Wildman–Crippen MR) is 129 cm³/mol. The first-order chi connectivity index (χ1) is 16.3. The van der Waals surface area contributed by atoms with Crippen molar-refractivity contribution >= 4 is 29.1 Å². The number of ether oxygens (including phenoxy) is 1. The molecule has 1 aromatic heterocycles. The Labute approximate surface area is 202 Å². The molecule has 3 rings (SSSR count). The fourth-order valence-corrected chi connectivity index (χ4v) is 4.16. The molecule has 0 radical (unpaired) electrons. The molecule has 6 nitrogen and oxygen atoms in total. The summed E-state index contributed by atoms with van der Waals surface area (Å²) >= 11 is 1.45. The molecule has 3 aromatic rings. The van der Waals surface area contributed by atoms with Crippen molar-refractivity contribution in [1.82, 2.24) is 10.6 Å². The molecule has 1 unspecified atom stereocenters. The third-order valence-corrected chi connectivity index (χ3v) is 6.06. The van der Waals surface area contributed by atoms with Gasteiger partial charge in [0, 0.05) is 4.88 Å². The molecule has 178 valence electrons. The second kappa shape index (κ2) is 12.1. The van der Waals surface area contributed by atoms with Gasteiger partial charge in [0.2, 0.25) is 5.91 Å². The van der Waals surface area contributed by atoms with Gasteiger partial charge in [-0.2, -0.15) is 0 Å². The van der Waals surface area contributed by atoms with Gasteiger partial charge in [0.1, 0.15) is 11.9 Å². The number of carbonyl (C=O) groups is 3. The molecular weight excluding hydrogens is 455 g/mol. The number of carbonyl (C=O) groups excluding carboxylic acids is 3. The van der Waals surface area contributed by atoms with E-state index in [4.69, 9.17) is 4.74 Å². The first-order valence-corrected chi connectivity index (χ1v) is 11.8. The highest BCUT2D eigenvalue weighted by Gasteiger charge is 2.27. The minimum atomic E-state index is -0.880. The molecule has 8 heteroatoms. The Bertz CT molecular complexity index is 1090. The van der Waals surface area contributed by atoms with E-state index in [1.54, 1.807) is 26.0 Å². The van der Waals surface area contributed by atoms with Crippen molar-refractivity contribution in [2.75, 3.05) is 6.61 Å². The lowest BCUT2D eigenvalue weighted by Crippen LogP contribution is -2.46. The molecule has 0 fully saturated rings. The zero-order valence-corrected chi connectivity index (χ0v) is 19.8. The monoisotopic (exact) mass is 482 g/mol. The van der Waals surface area contributed by atoms with E-state index >= 15 is 0 Å². The highest BCUT2D eigenvalue weighted by atomic mass is 32.1. The van der Waals surface area contributed by atoms with E-state index < -0.39 is 30.6 Å². The van der Waals surface area contributed by atoms with Crippen molar-refractivity contribution in [3.05, 3.63) is 93.9 Å². The molecule has 1 heterocycles. The van der Waals surface area contributed by atoms with Gasteiger partial charge in [-0.05, 0) is 40.6 Å². The van der Waals surface area contributed by atoms with Crippen molar-refractivity contribution in [3.63, 3.8) is 0 Å². The van der Waals surface area contributed by atoms with Crippen LogP contribution in [0.1, 0.15) is 35.9 Å². The molecule has 0 aliphatic rings. The van der Waals surface area contributed by atoms with Gasteiger partial charge in [-0.1, -0.05) is 62.4 Å². The van der Waals surface area contributed by atoms with Gasteiger partial charge >= 0.3 is 5.97 Å². The number of amides is 2. The fraction of sp³-hybridized carbons (Fsp3) is 0.269. The maximum atomic E-state index is 13.3. The van der Waals surface area contributed by atoms with Crippen LogP contribution in [0.3, 0.4) is 0 Å². The first-order valence-electron chi connectivity index (χ1n) is 10.9. The number of rotatable bonds is 10. The largest absolute Gasteiger partial charge is 0.454 e. The number of thiophene rings is 1. The van der Waals surface area contributed by atoms with E-state index in [1.165, 1.54) is 23.5 Å². The van der Waals surface area contributed by atoms with Crippen LogP contribution >= 0.6 is 11.3 Å². The molecule has 34 heavy (non-hydrogen) atoms. The molecule has 2 aromatic carbocycles. The van der Waals surface area contributed by atoms with Crippen molar-refractivity contribution in [3.8, 4) is 0 Å². The van der Waals surface area contributed by atoms with Crippen LogP contribution in [-0.4, -0.2) is 30.4 Å². The molecule has 0 bridgehead atoms. The molecule has 0 saturated carbocycles. The van der Waals surface area contributed by atoms with Crippen LogP contribution in [0, 0.1) is 11.7 Å². The van der Waals surface area contributed by atoms with Gasteiger partial charge in [0.05, 0.1) is 12.5 Å². The zero-order chi connectivity index (χ0) is 24.5. The minimum Gasteiger partial charge on any atom is -0.454 e. The second-order valence-electron chi connectivity index (χ2n) is 8.13. The SMILES string of the molecule is CC(C)[C@H](NC(=O)Cc1ccccc1)C(=O)OCC(=O)NC(c1ccc(F)cc1)c1cccs1. The lowest BCUT2D eigenvalue weighted by molar-refractivity contribution is -0.152. The smallest absolute Gasteiger partial charge is 0.329 e. The van der Waals surface area contributed by atoms with Crippen LogP contribution < -0.4 is 10.6 Å². The Morgan fingerprint density at radius 1 is 0.912 bits per heavy atom. The third kappa shape index (κ3) is 7.25. The van der Waals surface area contributed by atoms with Crippen LogP contribution in [0.4, 0.5) is 4.39 Å². The maximum Gasteiger partial charge on any atom is 0.329 e. The number of hydrogen-bond acceptors (Lipinski definition) is 5. The van der Waals surface area contributed by atoms with Crippen LogP contribution in [0.2, 0.25) is 0 Å². The van der Waals surface area contributed by atoms with Gasteiger partial charge < -0.3 is 15.4 Å². The molecule has 2 amide bonds. The molecule has 0 aliphatic carbocycles. The van der Waals surface area contributed by atoms with E-state index in [0.29, 0.717) is 5.56 Å². The van der Waals surface area contributed by atoms with Gasteiger partial charge in [0.25, 0.3) is 5.91 Å². The number of benzene rings is 2. The quantitative estimate of drug-likeness (QED) is 0.428. The van der Waals surface area contributed by atoms with E-state index in [9.17, 15) is 18.8 Å². The fourth-order valence-electron chi connectivity index (χ4n) is 3.36. The average Bonchev–Trinajstić information content (AvgIpc) is 3.35. The summed E-state index contributed by atoms with van der Waals surface area (Å²) in [7, 11) is 0. The van der Waals surface area contributed by atoms with Crippen molar-refractivity contribution in [2.45, 2.75) is 32.4 Å². The van der Waals surface area contributed by atoms with Crippen LogP contribution in [-0.2, 0) is 25.5 Å². The Morgan fingerprint density at radius 3 is 2.24 bits per heavy atom. The Balaban J connectivity index is 1.58. The first kappa shape index (κ1) is 25.1. The van der Waals surface area contributed by atoms with Crippen molar-refractivity contribution < 1.29 is 23.5 Å². The maximum absolute atomic E-state index is 13.3. The summed E-state index contributed by atoms with van der Waals surface area (Å²) in [6, 6.07) is 17.4. The molecular formula is C26H27FN2O4S. The summed E-state index contributed by atoms with van der Waals surface area (Å²) in [4.78, 5) is 38.5. The van der Waals surface area contributed by atoms with E-state index in [2.05, 4.69) is 10.6 Å².